The zero-order valence-electron chi connectivity index (χ0n) is 66.1. The third-order valence-corrected chi connectivity index (χ3v) is 23.4. The predicted molar refractivity (Wildman–Crippen MR) is 434 cm³/mol. The summed E-state index contributed by atoms with van der Waals surface area (Å²) in [6.45, 7) is 9.74. The second-order valence-corrected chi connectivity index (χ2v) is 32.7. The van der Waals surface area contributed by atoms with Crippen LogP contribution in [0.15, 0.2) is 166 Å². The van der Waals surface area contributed by atoms with E-state index in [1.807, 2.05) is 114 Å². The van der Waals surface area contributed by atoms with Crippen molar-refractivity contribution in [3.8, 4) is 22.5 Å². The topological polar surface area (TPSA) is 338 Å². The highest BCUT2D eigenvalue weighted by atomic mass is 19.1. The van der Waals surface area contributed by atoms with Crippen LogP contribution in [0, 0.1) is 11.6 Å². The standard InChI is InChI=1S/C29H34FN7O3.C28H32FN7O3.C28H33N7O3/c1-19(38)13-35-10-8-29(40,26(39)16-35)17-36-9-7-24-27(36)31-18-32-28(24)37(23-5-6-23)15-21-4-3-20(11-25(21)30)22-12-33-34(2)14-22;1-19(37)14-33-12-8-28(39,25(38)16-33)17-34-11-7-23-26(34)30-18-31-27(23)35(21-5-6-21)15-20-3-4-22(13-24(20)29)36-10-2-9-32-36;1-20(36)15-32-14-10-28(38,25(37)17-32)18-33-13-9-24-26(33)29-19-30-27(24)34(22-7-8-22)16-21-3-5-23(6-4-21)35-12-2-11-31-35/h3-4,7,9,11-12,14,18,23,26,39-40H,5-6,8,10,13,15-17H2,1-2H3;2-4,7,9-11,13,18,21,25,38-39H,5-6,8,12,14-17H2,1H3;2-6,9,11-13,19,22,25,37-38H,7-8,10,14-18H2,1H3. The van der Waals surface area contributed by atoms with Crippen molar-refractivity contribution >= 4 is 67.9 Å². The number of piperidine rings is 3. The fraction of sp³-hybridized carbons (Fsp3) is 0.435. The van der Waals surface area contributed by atoms with Crippen molar-refractivity contribution in [2.24, 2.45) is 7.05 Å². The van der Waals surface area contributed by atoms with Gasteiger partial charge in [0.1, 0.15) is 99.2 Å². The summed E-state index contributed by atoms with van der Waals surface area (Å²) >= 11 is 0. The minimum Gasteiger partial charge on any atom is -0.389 e. The third-order valence-electron chi connectivity index (χ3n) is 23.4. The van der Waals surface area contributed by atoms with Gasteiger partial charge in [0.05, 0.1) is 91.3 Å². The summed E-state index contributed by atoms with van der Waals surface area (Å²) < 4.78 is 41.2. The number of hydrogen-bond acceptors (Lipinski definition) is 24. The Bertz CT molecular complexity index is 5510. The highest BCUT2D eigenvalue weighted by Gasteiger charge is 2.45. The molecule has 0 spiro atoms. The zero-order valence-corrected chi connectivity index (χ0v) is 66.1. The van der Waals surface area contributed by atoms with Crippen LogP contribution in [0.2, 0.25) is 0 Å². The van der Waals surface area contributed by atoms with Crippen LogP contribution < -0.4 is 14.7 Å². The summed E-state index contributed by atoms with van der Waals surface area (Å²) in [5.74, 6) is 1.87. The molecule has 3 aliphatic carbocycles. The van der Waals surface area contributed by atoms with Gasteiger partial charge in [0.2, 0.25) is 0 Å². The molecule has 12 aromatic rings. The highest BCUT2D eigenvalue weighted by molar-refractivity contribution is 5.90. The maximum atomic E-state index is 15.3. The number of likely N-dealkylation sites (tertiary alicyclic amines) is 3. The average molecular weight is 1600 g/mol. The van der Waals surface area contributed by atoms with Gasteiger partial charge in [-0.05, 0) is 150 Å². The number of carbonyl (C=O) groups excluding carboxylic acids is 3. The second-order valence-electron chi connectivity index (χ2n) is 32.7. The first-order valence-corrected chi connectivity index (χ1v) is 40.1. The molecule has 6 fully saturated rings. The number of β-amino-alcohol motifs (C(OH)–C–C–N with tert-alkyl or cyclic N) is 3. The number of aromatic nitrogens is 15. The second kappa shape index (κ2) is 33.6. The Hall–Kier alpha value is -10.9. The number of rotatable bonds is 27. The Morgan fingerprint density at radius 1 is 0.462 bits per heavy atom. The summed E-state index contributed by atoms with van der Waals surface area (Å²) in [7, 11) is 1.83. The van der Waals surface area contributed by atoms with E-state index in [0.717, 1.165) is 101 Å². The van der Waals surface area contributed by atoms with Crippen LogP contribution in [0.4, 0.5) is 26.2 Å². The monoisotopic (exact) mass is 1600 g/mol. The molecule has 0 amide bonds. The summed E-state index contributed by atoms with van der Waals surface area (Å²) in [6.07, 6.45) is 25.3. The van der Waals surface area contributed by atoms with Gasteiger partial charge in [0, 0.05) is 150 Å². The summed E-state index contributed by atoms with van der Waals surface area (Å²) in [6, 6.07) is 29.3. The molecule has 612 valence electrons. The molecule has 6 aliphatic rings. The third kappa shape index (κ3) is 18.0. The smallest absolute Gasteiger partial charge is 0.145 e. The van der Waals surface area contributed by atoms with E-state index >= 15 is 8.78 Å². The number of Topliss-reactive ketones (excluding diaryl/α,β-unsaturated/α-hetero) is 3. The lowest BCUT2D eigenvalue weighted by molar-refractivity contribution is -0.134. The van der Waals surface area contributed by atoms with Gasteiger partial charge in [-0.25, -0.2) is 48.0 Å². The molecule has 0 bridgehead atoms. The number of fused-ring (bicyclic) bond motifs is 3. The molecule has 32 heteroatoms. The number of nitrogens with zero attached hydrogens (tertiary/aromatic N) is 21. The molecular weight excluding hydrogens is 1500 g/mol. The van der Waals surface area contributed by atoms with Crippen LogP contribution in [0.5, 0.6) is 0 Å². The van der Waals surface area contributed by atoms with Gasteiger partial charge >= 0.3 is 0 Å². The number of aliphatic hydroxyl groups is 6. The largest absolute Gasteiger partial charge is 0.389 e. The molecule has 6 N–H and O–H groups in total. The SMILES string of the molecule is CC(=O)CN1CCC(O)(Cn2ccc3c(N(Cc4ccc(-c5cnn(C)c5)cc4F)C4CC4)ncnc32)C(O)C1.CC(=O)CN1CCC(O)(Cn2ccc3c(N(Cc4ccc(-n5cccn5)cc4)C4CC4)ncnc32)C(O)C1.CC(=O)CN1CCC(O)(Cn2ccc3c(N(Cc4ccc(-n5cccn5)cc4F)C4CC4)ncnc32)C(O)C1. The Morgan fingerprint density at radius 2 is 0.846 bits per heavy atom. The van der Waals surface area contributed by atoms with Crippen molar-refractivity contribution in [1.29, 1.82) is 0 Å². The molecule has 18 rings (SSSR count). The number of carbonyl (C=O) groups is 3. The van der Waals surface area contributed by atoms with Gasteiger partial charge in [-0.2, -0.15) is 15.3 Å². The van der Waals surface area contributed by atoms with E-state index in [1.165, 1.54) is 45.1 Å². The van der Waals surface area contributed by atoms with Gasteiger partial charge < -0.3 is 59.0 Å². The Kier molecular flexibility index (Phi) is 22.9. The first-order valence-electron chi connectivity index (χ1n) is 40.1. The van der Waals surface area contributed by atoms with E-state index in [-0.39, 0.29) is 93.4 Å². The maximum Gasteiger partial charge on any atom is 0.145 e. The molecule has 3 saturated carbocycles. The van der Waals surface area contributed by atoms with E-state index < -0.39 is 35.1 Å². The van der Waals surface area contributed by atoms with Gasteiger partial charge in [-0.3, -0.25) is 33.8 Å². The van der Waals surface area contributed by atoms with Crippen molar-refractivity contribution in [3.05, 3.63) is 194 Å². The van der Waals surface area contributed by atoms with Crippen LogP contribution in [0.3, 0.4) is 0 Å². The van der Waals surface area contributed by atoms with E-state index in [0.29, 0.717) is 92.7 Å². The van der Waals surface area contributed by atoms with Crippen LogP contribution in [-0.4, -0.2) is 248 Å². The number of hydrogen-bond donors (Lipinski definition) is 6. The van der Waals surface area contributed by atoms with Crippen LogP contribution in [-0.2, 0) is 60.7 Å². The molecule has 3 aliphatic heterocycles. The normalized spacial score (nSPS) is 21.9. The number of aryl methyl sites for hydroxylation is 1. The average Bonchev–Trinajstić information content (AvgIpc) is 1.64. The number of ketones is 3. The predicted octanol–water partition coefficient (Wildman–Crippen LogP) is 7.01. The fourth-order valence-electron chi connectivity index (χ4n) is 16.6. The Balaban J connectivity index is 0.000000131. The van der Waals surface area contributed by atoms with E-state index in [2.05, 4.69) is 84.2 Å². The lowest BCUT2D eigenvalue weighted by Crippen LogP contribution is -2.58. The van der Waals surface area contributed by atoms with E-state index in [4.69, 9.17) is 0 Å². The van der Waals surface area contributed by atoms with Crippen molar-refractivity contribution in [3.63, 3.8) is 0 Å². The molecule has 30 nitrogen and oxygen atoms in total. The maximum absolute atomic E-state index is 15.3. The van der Waals surface area contributed by atoms with Gasteiger partial charge in [0.15, 0.2) is 0 Å². The Morgan fingerprint density at radius 3 is 1.20 bits per heavy atom. The van der Waals surface area contributed by atoms with E-state index in [1.54, 1.807) is 58.7 Å². The molecule has 6 atom stereocenters. The van der Waals surface area contributed by atoms with Crippen LogP contribution in [0.25, 0.3) is 55.6 Å². The molecular formula is C85H99F2N21O9. The quantitative estimate of drug-likeness (QED) is 0.0301. The van der Waals surface area contributed by atoms with Gasteiger partial charge in [0.25, 0.3) is 0 Å². The Labute approximate surface area is 674 Å². The zero-order chi connectivity index (χ0) is 81.4. The van der Waals surface area contributed by atoms with Gasteiger partial charge in [-0.1, -0.05) is 30.3 Å². The molecule has 117 heavy (non-hydrogen) atoms. The number of anilines is 3. The summed E-state index contributed by atoms with van der Waals surface area (Å²) in [5.41, 5.74) is 3.70. The number of benzene rings is 3. The molecule has 6 unspecified atom stereocenters. The minimum atomic E-state index is -1.35. The van der Waals surface area contributed by atoms with Crippen LogP contribution >= 0.6 is 0 Å². The molecule has 3 saturated heterocycles. The number of halogens is 2. The number of aliphatic hydroxyl groups excluding tert-OH is 3. The fourth-order valence-corrected chi connectivity index (χ4v) is 16.6. The molecule has 3 aromatic carbocycles. The first kappa shape index (κ1) is 79.9. The van der Waals surface area contributed by atoms with Gasteiger partial charge in [-0.15, -0.1) is 0 Å². The molecule has 9 aromatic heterocycles. The van der Waals surface area contributed by atoms with Crippen molar-refractivity contribution < 1.29 is 53.8 Å². The minimum absolute atomic E-state index is 0.0298. The van der Waals surface area contributed by atoms with Crippen LogP contribution in [0.1, 0.15) is 95.2 Å². The van der Waals surface area contributed by atoms with Crippen molar-refractivity contribution in [1.82, 2.24) is 87.6 Å². The van der Waals surface area contributed by atoms with E-state index in [9.17, 15) is 45.0 Å². The molecule has 0 radical (unpaired) electrons. The van der Waals surface area contributed by atoms with Crippen molar-refractivity contribution in [2.75, 3.05) is 73.6 Å². The first-order chi connectivity index (χ1) is 56.4. The van der Waals surface area contributed by atoms with Crippen molar-refractivity contribution in [2.45, 2.75) is 171 Å². The summed E-state index contributed by atoms with van der Waals surface area (Å²) in [5, 5.41) is 81.6. The highest BCUT2D eigenvalue weighted by Crippen LogP contribution is 2.41. The lowest BCUT2D eigenvalue weighted by Gasteiger charge is -2.42. The molecule has 12 heterocycles. The lowest BCUT2D eigenvalue weighted by atomic mass is 9.88. The summed E-state index contributed by atoms with van der Waals surface area (Å²) in [4.78, 5) is 74.2.